The van der Waals surface area contributed by atoms with E-state index in [1.54, 1.807) is 0 Å². The summed E-state index contributed by atoms with van der Waals surface area (Å²) in [4.78, 5) is 4.43. The highest BCUT2D eigenvalue weighted by atomic mass is 14.9. The van der Waals surface area contributed by atoms with Crippen LogP contribution in [-0.2, 0) is 0 Å². The Morgan fingerprint density at radius 2 is 1.92 bits per heavy atom. The monoisotopic (exact) mass is 182 g/mol. The number of aliphatic imine (C=N–C) groups is 1. The zero-order chi connectivity index (χ0) is 9.68. The van der Waals surface area contributed by atoms with Crippen LogP contribution in [0.2, 0.25) is 0 Å². The fraction of sp³-hybridized carbons (Fsp3) is 0.909. The lowest BCUT2D eigenvalue weighted by atomic mass is 9.84. The van der Waals surface area contributed by atoms with E-state index in [9.17, 15) is 0 Å². The average molecular weight is 182 g/mol. The Bertz CT molecular complexity index is 163. The summed E-state index contributed by atoms with van der Waals surface area (Å²) in [5.41, 5.74) is 5.57. The molecule has 1 rings (SSSR count). The van der Waals surface area contributed by atoms with Crippen molar-refractivity contribution < 1.29 is 0 Å². The van der Waals surface area contributed by atoms with Gasteiger partial charge in [0.2, 0.25) is 0 Å². The third-order valence-corrected chi connectivity index (χ3v) is 2.90. The second kappa shape index (κ2) is 5.25. The minimum atomic E-state index is 0.526. The predicted molar refractivity (Wildman–Crippen MR) is 58.0 cm³/mol. The molecule has 0 bridgehead atoms. The Morgan fingerprint density at radius 1 is 1.31 bits per heavy atom. The van der Waals surface area contributed by atoms with Gasteiger partial charge in [-0.2, -0.15) is 0 Å². The van der Waals surface area contributed by atoms with Gasteiger partial charge in [-0.05, 0) is 38.5 Å². The van der Waals surface area contributed by atoms with E-state index < -0.39 is 0 Å². The fourth-order valence-electron chi connectivity index (χ4n) is 2.26. The summed E-state index contributed by atoms with van der Waals surface area (Å²) in [6.07, 6.45) is 7.94. The molecular formula is C11H22N2. The number of nitrogens with zero attached hydrogens (tertiary/aromatic N) is 1. The fourth-order valence-corrected chi connectivity index (χ4v) is 2.26. The van der Waals surface area contributed by atoms with Crippen LogP contribution in [0.3, 0.4) is 0 Å². The molecule has 0 aromatic rings. The van der Waals surface area contributed by atoms with Crippen LogP contribution in [0.25, 0.3) is 0 Å². The van der Waals surface area contributed by atoms with Gasteiger partial charge in [0.05, 0.1) is 11.9 Å². The molecule has 1 fully saturated rings. The van der Waals surface area contributed by atoms with Gasteiger partial charge in [0.1, 0.15) is 0 Å². The van der Waals surface area contributed by atoms with Gasteiger partial charge in [-0.25, -0.2) is 0 Å². The number of nitrogens with two attached hydrogens (primary N) is 1. The molecule has 2 N–H and O–H groups in total. The third kappa shape index (κ3) is 3.79. The van der Waals surface area contributed by atoms with Gasteiger partial charge < -0.3 is 5.73 Å². The van der Waals surface area contributed by atoms with Crippen LogP contribution in [0.5, 0.6) is 0 Å². The van der Waals surface area contributed by atoms with Crippen LogP contribution < -0.4 is 5.73 Å². The van der Waals surface area contributed by atoms with Crippen molar-refractivity contribution in [3.8, 4) is 0 Å². The molecule has 1 aliphatic rings. The zero-order valence-electron chi connectivity index (χ0n) is 8.92. The maximum Gasteiger partial charge on any atom is 0.0909 e. The Kier molecular flexibility index (Phi) is 4.26. The van der Waals surface area contributed by atoms with E-state index in [-0.39, 0.29) is 0 Å². The lowest BCUT2D eigenvalue weighted by molar-refractivity contribution is 0.310. The van der Waals surface area contributed by atoms with E-state index in [4.69, 9.17) is 5.73 Å². The van der Waals surface area contributed by atoms with Crippen molar-refractivity contribution in [3.05, 3.63) is 0 Å². The topological polar surface area (TPSA) is 38.4 Å². The first-order valence-corrected chi connectivity index (χ1v) is 5.52. The van der Waals surface area contributed by atoms with Crippen LogP contribution >= 0.6 is 0 Å². The van der Waals surface area contributed by atoms with Crippen LogP contribution in [0.1, 0.15) is 52.4 Å². The predicted octanol–water partition coefficient (Wildman–Crippen LogP) is 2.72. The lowest BCUT2D eigenvalue weighted by Gasteiger charge is -2.25. The summed E-state index contributed by atoms with van der Waals surface area (Å²) < 4.78 is 0. The molecule has 2 heteroatoms. The van der Waals surface area contributed by atoms with E-state index in [0.717, 1.165) is 11.8 Å². The van der Waals surface area contributed by atoms with Crippen molar-refractivity contribution in [2.24, 2.45) is 16.6 Å². The van der Waals surface area contributed by atoms with Crippen molar-refractivity contribution in [2.75, 3.05) is 0 Å². The smallest absolute Gasteiger partial charge is 0.0909 e. The number of hydrogen-bond acceptors (Lipinski definition) is 1. The van der Waals surface area contributed by atoms with E-state index >= 15 is 0 Å². The maximum absolute atomic E-state index is 5.57. The molecule has 0 atom stereocenters. The van der Waals surface area contributed by atoms with Gasteiger partial charge >= 0.3 is 0 Å². The maximum atomic E-state index is 5.57. The van der Waals surface area contributed by atoms with Crippen molar-refractivity contribution >= 4 is 5.84 Å². The Labute approximate surface area is 81.6 Å². The molecule has 1 saturated carbocycles. The van der Waals surface area contributed by atoms with E-state index in [1.807, 2.05) is 6.92 Å². The van der Waals surface area contributed by atoms with Gasteiger partial charge in [-0.15, -0.1) is 0 Å². The molecule has 2 nitrogen and oxygen atoms in total. The van der Waals surface area contributed by atoms with Crippen molar-refractivity contribution in [2.45, 2.75) is 58.4 Å². The largest absolute Gasteiger partial charge is 0.388 e. The molecule has 0 aromatic carbocycles. The minimum absolute atomic E-state index is 0.526. The second-order valence-corrected chi connectivity index (χ2v) is 4.23. The molecule has 0 radical (unpaired) electrons. The molecule has 0 saturated heterocycles. The normalized spacial score (nSPS) is 30.5. The average Bonchev–Trinajstić information content (AvgIpc) is 2.08. The van der Waals surface area contributed by atoms with E-state index in [1.165, 1.54) is 38.5 Å². The molecule has 0 heterocycles. The first kappa shape index (κ1) is 10.6. The lowest BCUT2D eigenvalue weighted by Crippen LogP contribution is -2.20. The zero-order valence-corrected chi connectivity index (χ0v) is 8.92. The molecule has 1 aliphatic carbocycles. The van der Waals surface area contributed by atoms with Crippen LogP contribution in [0.4, 0.5) is 0 Å². The van der Waals surface area contributed by atoms with Gasteiger partial charge in [-0.3, -0.25) is 4.99 Å². The van der Waals surface area contributed by atoms with Crippen LogP contribution in [-0.4, -0.2) is 11.9 Å². The Balaban J connectivity index is 2.26. The summed E-state index contributed by atoms with van der Waals surface area (Å²) in [6.45, 7) is 4.16. The van der Waals surface area contributed by atoms with Gasteiger partial charge in [0, 0.05) is 0 Å². The third-order valence-electron chi connectivity index (χ3n) is 2.90. The highest BCUT2D eigenvalue weighted by Crippen LogP contribution is 2.29. The molecule has 0 aliphatic heterocycles. The van der Waals surface area contributed by atoms with Gasteiger partial charge in [0.25, 0.3) is 0 Å². The Morgan fingerprint density at radius 3 is 2.38 bits per heavy atom. The summed E-state index contributed by atoms with van der Waals surface area (Å²) >= 11 is 0. The van der Waals surface area contributed by atoms with Crippen molar-refractivity contribution in [1.82, 2.24) is 0 Å². The molecule has 13 heavy (non-hydrogen) atoms. The Hall–Kier alpha value is -0.530. The first-order chi connectivity index (χ1) is 6.22. The standard InChI is InChI=1S/C11H22N2/c1-3-4-10-5-7-11(8-6-10)13-9(2)12/h10-11H,3-8H2,1-2H3,(H2,12,13). The summed E-state index contributed by atoms with van der Waals surface area (Å²) in [5.74, 6) is 1.72. The van der Waals surface area contributed by atoms with Gasteiger partial charge in [-0.1, -0.05) is 19.8 Å². The van der Waals surface area contributed by atoms with Crippen molar-refractivity contribution in [1.29, 1.82) is 0 Å². The number of rotatable bonds is 3. The molecular weight excluding hydrogens is 160 g/mol. The van der Waals surface area contributed by atoms with Gasteiger partial charge in [0.15, 0.2) is 0 Å². The summed E-state index contributed by atoms with van der Waals surface area (Å²) in [7, 11) is 0. The highest BCUT2D eigenvalue weighted by Gasteiger charge is 2.19. The number of amidine groups is 1. The molecule has 0 aromatic heterocycles. The van der Waals surface area contributed by atoms with E-state index in [2.05, 4.69) is 11.9 Å². The molecule has 0 amide bonds. The quantitative estimate of drug-likeness (QED) is 0.529. The first-order valence-electron chi connectivity index (χ1n) is 5.52. The van der Waals surface area contributed by atoms with E-state index in [0.29, 0.717) is 6.04 Å². The SMILES string of the molecule is CCCC1CCC(N=C(C)N)CC1. The van der Waals surface area contributed by atoms with Crippen molar-refractivity contribution in [3.63, 3.8) is 0 Å². The number of hydrogen-bond donors (Lipinski definition) is 1. The highest BCUT2D eigenvalue weighted by molar-refractivity contribution is 5.77. The minimum Gasteiger partial charge on any atom is -0.388 e. The molecule has 0 spiro atoms. The molecule has 76 valence electrons. The van der Waals surface area contributed by atoms with Crippen LogP contribution in [0.15, 0.2) is 4.99 Å². The summed E-state index contributed by atoms with van der Waals surface area (Å²) in [6, 6.07) is 0.526. The van der Waals surface area contributed by atoms with Crippen LogP contribution in [0, 0.1) is 5.92 Å². The molecule has 0 unspecified atom stereocenters. The second-order valence-electron chi connectivity index (χ2n) is 4.23. The summed E-state index contributed by atoms with van der Waals surface area (Å²) in [5, 5.41) is 0.